The second-order valence-corrected chi connectivity index (χ2v) is 11.4. The van der Waals surface area contributed by atoms with Crippen molar-refractivity contribution in [3.05, 3.63) is 76.4 Å². The SMILES string of the molecule is CCOC(=O)C1=C(Cc2ccccc2)C2(CC[C@H]3[C@@H]4CCc5cc(OC)ccc5[C@H]4CC[C@@]32C)OC1=O. The van der Waals surface area contributed by atoms with E-state index in [9.17, 15) is 9.59 Å². The standard InChI is InChI=1S/C32H36O5/c1-4-36-29(33)28-27(18-20-8-6-5-7-9-20)32(37-30(28)34)17-15-26-25-12-10-21-19-22(35-3)11-13-23(21)24(25)14-16-31(26,32)2/h5-9,11,13,19,24-26H,4,10,12,14-18H2,1-3H3/t24-,25-,26+,31+,32?/m1/s1. The number of carbonyl (C=O) groups excluding carboxylic acids is 2. The van der Waals surface area contributed by atoms with Gasteiger partial charge in [-0.3, -0.25) is 0 Å². The predicted octanol–water partition coefficient (Wildman–Crippen LogP) is 5.95. The van der Waals surface area contributed by atoms with Gasteiger partial charge >= 0.3 is 11.9 Å². The van der Waals surface area contributed by atoms with Gasteiger partial charge in [-0.1, -0.05) is 43.3 Å². The first-order valence-corrected chi connectivity index (χ1v) is 13.8. The van der Waals surface area contributed by atoms with Crippen LogP contribution in [0.1, 0.15) is 68.6 Å². The maximum absolute atomic E-state index is 13.4. The van der Waals surface area contributed by atoms with E-state index in [0.29, 0.717) is 24.2 Å². The highest BCUT2D eigenvalue weighted by atomic mass is 16.6. The average molecular weight is 501 g/mol. The molecule has 4 aliphatic rings. The first-order chi connectivity index (χ1) is 17.9. The first kappa shape index (κ1) is 24.3. The summed E-state index contributed by atoms with van der Waals surface area (Å²) >= 11 is 0. The van der Waals surface area contributed by atoms with Crippen molar-refractivity contribution >= 4 is 11.9 Å². The van der Waals surface area contributed by atoms with E-state index in [1.807, 2.05) is 18.2 Å². The monoisotopic (exact) mass is 500 g/mol. The van der Waals surface area contributed by atoms with Crippen molar-refractivity contribution in [2.24, 2.45) is 17.3 Å². The number of hydrogen-bond acceptors (Lipinski definition) is 5. The number of fused-ring (bicyclic) bond motifs is 6. The molecule has 5 nitrogen and oxygen atoms in total. The summed E-state index contributed by atoms with van der Waals surface area (Å²) in [4.78, 5) is 26.5. The Balaban J connectivity index is 1.40. The van der Waals surface area contributed by atoms with Gasteiger partial charge < -0.3 is 14.2 Å². The van der Waals surface area contributed by atoms with Crippen LogP contribution in [0, 0.1) is 17.3 Å². The van der Waals surface area contributed by atoms with E-state index in [0.717, 1.165) is 55.4 Å². The Morgan fingerprint density at radius 3 is 2.65 bits per heavy atom. The molecule has 1 heterocycles. The van der Waals surface area contributed by atoms with Crippen molar-refractivity contribution in [3.8, 4) is 5.75 Å². The maximum atomic E-state index is 13.4. The summed E-state index contributed by atoms with van der Waals surface area (Å²) in [6, 6.07) is 16.7. The lowest BCUT2D eigenvalue weighted by molar-refractivity contribution is -0.162. The first-order valence-electron chi connectivity index (χ1n) is 13.8. The minimum absolute atomic E-state index is 0.135. The van der Waals surface area contributed by atoms with Crippen molar-refractivity contribution < 1.29 is 23.8 Å². The summed E-state index contributed by atoms with van der Waals surface area (Å²) in [7, 11) is 1.73. The van der Waals surface area contributed by atoms with Gasteiger partial charge in [0.15, 0.2) is 0 Å². The topological polar surface area (TPSA) is 61.8 Å². The highest BCUT2D eigenvalue weighted by molar-refractivity contribution is 6.17. The molecule has 0 aromatic heterocycles. The van der Waals surface area contributed by atoms with Crippen LogP contribution < -0.4 is 4.74 Å². The minimum atomic E-state index is -0.752. The molecule has 1 aliphatic heterocycles. The Kier molecular flexibility index (Phi) is 5.93. The van der Waals surface area contributed by atoms with Gasteiger partial charge in [-0.25, -0.2) is 9.59 Å². The van der Waals surface area contributed by atoms with E-state index in [1.54, 1.807) is 14.0 Å². The third-order valence-corrected chi connectivity index (χ3v) is 10.0. The lowest BCUT2D eigenvalue weighted by atomic mass is 9.52. The van der Waals surface area contributed by atoms with Gasteiger partial charge in [0, 0.05) is 11.0 Å². The molecule has 0 radical (unpaired) electrons. The molecule has 5 atom stereocenters. The summed E-state index contributed by atoms with van der Waals surface area (Å²) in [6.07, 6.45) is 6.51. The zero-order valence-corrected chi connectivity index (χ0v) is 22.0. The van der Waals surface area contributed by atoms with Gasteiger partial charge in [-0.15, -0.1) is 0 Å². The molecular formula is C32H36O5. The third-order valence-electron chi connectivity index (χ3n) is 10.0. The van der Waals surface area contributed by atoms with Crippen LogP contribution in [0.5, 0.6) is 5.75 Å². The fraction of sp³-hybridized carbons (Fsp3) is 0.500. The smallest absolute Gasteiger partial charge is 0.346 e. The normalized spacial score (nSPS) is 32.0. The Hall–Kier alpha value is -3.08. The lowest BCUT2D eigenvalue weighted by Crippen LogP contribution is -2.52. The number of benzene rings is 2. The molecule has 0 bridgehead atoms. The molecule has 2 aromatic rings. The molecule has 2 saturated carbocycles. The van der Waals surface area contributed by atoms with E-state index in [2.05, 4.69) is 37.3 Å². The second-order valence-electron chi connectivity index (χ2n) is 11.4. The summed E-state index contributed by atoms with van der Waals surface area (Å²) in [6.45, 7) is 4.34. The fourth-order valence-corrected chi connectivity index (χ4v) is 8.38. The fourth-order valence-electron chi connectivity index (χ4n) is 8.38. The van der Waals surface area contributed by atoms with Crippen LogP contribution in [-0.4, -0.2) is 31.3 Å². The minimum Gasteiger partial charge on any atom is -0.497 e. The summed E-state index contributed by atoms with van der Waals surface area (Å²) < 4.78 is 17.3. The largest absolute Gasteiger partial charge is 0.497 e. The molecule has 0 amide bonds. The molecule has 1 spiro atoms. The molecule has 6 rings (SSSR count). The van der Waals surface area contributed by atoms with Crippen LogP contribution in [0.3, 0.4) is 0 Å². The second kappa shape index (κ2) is 9.04. The van der Waals surface area contributed by atoms with Gasteiger partial charge in [0.2, 0.25) is 0 Å². The average Bonchev–Trinajstić information content (AvgIpc) is 3.37. The highest BCUT2D eigenvalue weighted by Gasteiger charge is 2.68. The summed E-state index contributed by atoms with van der Waals surface area (Å²) in [5, 5.41) is 0. The molecule has 2 fully saturated rings. The number of esters is 2. The van der Waals surface area contributed by atoms with Gasteiger partial charge in [0.25, 0.3) is 0 Å². The van der Waals surface area contributed by atoms with Crippen molar-refractivity contribution in [2.45, 2.75) is 70.3 Å². The van der Waals surface area contributed by atoms with Gasteiger partial charge in [-0.2, -0.15) is 0 Å². The lowest BCUT2D eigenvalue weighted by Gasteiger charge is -2.53. The van der Waals surface area contributed by atoms with Crippen LogP contribution in [-0.2, 0) is 31.9 Å². The van der Waals surface area contributed by atoms with E-state index in [4.69, 9.17) is 14.2 Å². The summed E-state index contributed by atoms with van der Waals surface area (Å²) in [5.41, 5.74) is 3.97. The molecule has 194 valence electrons. The van der Waals surface area contributed by atoms with Crippen LogP contribution in [0.4, 0.5) is 0 Å². The number of hydrogen-bond donors (Lipinski definition) is 0. The zero-order chi connectivity index (χ0) is 25.8. The van der Waals surface area contributed by atoms with E-state index in [1.165, 1.54) is 11.1 Å². The van der Waals surface area contributed by atoms with Crippen LogP contribution in [0.25, 0.3) is 0 Å². The van der Waals surface area contributed by atoms with Crippen molar-refractivity contribution in [1.82, 2.24) is 0 Å². The molecule has 0 saturated heterocycles. The van der Waals surface area contributed by atoms with Crippen molar-refractivity contribution in [3.63, 3.8) is 0 Å². The quantitative estimate of drug-likeness (QED) is 0.375. The molecule has 37 heavy (non-hydrogen) atoms. The van der Waals surface area contributed by atoms with Crippen LogP contribution >= 0.6 is 0 Å². The van der Waals surface area contributed by atoms with E-state index >= 15 is 0 Å². The number of aryl methyl sites for hydroxylation is 1. The van der Waals surface area contributed by atoms with Gasteiger partial charge in [0.05, 0.1) is 13.7 Å². The molecule has 5 heteroatoms. The van der Waals surface area contributed by atoms with Crippen LogP contribution in [0.15, 0.2) is 59.7 Å². The highest BCUT2D eigenvalue weighted by Crippen LogP contribution is 2.68. The zero-order valence-electron chi connectivity index (χ0n) is 22.0. The maximum Gasteiger partial charge on any atom is 0.346 e. The number of rotatable bonds is 5. The Bertz CT molecular complexity index is 1260. The Labute approximate surface area is 219 Å². The Morgan fingerprint density at radius 1 is 1.08 bits per heavy atom. The molecule has 3 aliphatic carbocycles. The molecule has 1 unspecified atom stereocenters. The van der Waals surface area contributed by atoms with Gasteiger partial charge in [-0.05, 0) is 98.4 Å². The Morgan fingerprint density at radius 2 is 1.89 bits per heavy atom. The van der Waals surface area contributed by atoms with Gasteiger partial charge in [0.1, 0.15) is 16.9 Å². The van der Waals surface area contributed by atoms with E-state index < -0.39 is 17.5 Å². The van der Waals surface area contributed by atoms with Crippen LogP contribution in [0.2, 0.25) is 0 Å². The predicted molar refractivity (Wildman–Crippen MR) is 140 cm³/mol. The number of carbonyl (C=O) groups is 2. The van der Waals surface area contributed by atoms with Crippen molar-refractivity contribution in [2.75, 3.05) is 13.7 Å². The number of methoxy groups -OCH3 is 1. The van der Waals surface area contributed by atoms with E-state index in [-0.39, 0.29) is 17.6 Å². The number of ether oxygens (including phenoxy) is 3. The molecule has 2 aromatic carbocycles. The summed E-state index contributed by atoms with van der Waals surface area (Å²) in [5.74, 6) is 1.37. The third kappa shape index (κ3) is 3.57. The van der Waals surface area contributed by atoms with Crippen molar-refractivity contribution in [1.29, 1.82) is 0 Å². The molecular weight excluding hydrogens is 464 g/mol. The molecule has 0 N–H and O–H groups in total.